The molecule has 1 heterocycles. The first-order valence-corrected chi connectivity index (χ1v) is 4.80. The molecule has 0 saturated heterocycles. The van der Waals surface area contributed by atoms with E-state index in [1.54, 1.807) is 12.1 Å². The number of hydrogen-bond donors (Lipinski definition) is 0. The van der Waals surface area contributed by atoms with Crippen molar-refractivity contribution >= 4 is 34.1 Å². The number of hydrogen-bond acceptors (Lipinski definition) is 2. The van der Waals surface area contributed by atoms with E-state index in [1.807, 2.05) is 0 Å². The lowest BCUT2D eigenvalue weighted by atomic mass is 10.2. The van der Waals surface area contributed by atoms with Crippen LogP contribution >= 0.6 is 23.2 Å². The summed E-state index contributed by atoms with van der Waals surface area (Å²) >= 11 is 11.4. The maximum atomic E-state index is 13.3. The fourth-order valence-electron chi connectivity index (χ4n) is 1.20. The highest BCUT2D eigenvalue weighted by molar-refractivity contribution is 6.34. The molecule has 0 unspecified atom stereocenters. The Morgan fingerprint density at radius 2 is 2.07 bits per heavy atom. The Hall–Kier alpha value is -0.930. The molecular weight excluding hydrogens is 226 g/mol. The summed E-state index contributed by atoms with van der Waals surface area (Å²) < 4.78 is 13.3. The summed E-state index contributed by atoms with van der Waals surface area (Å²) in [5.74, 6) is 0.134. The molecule has 1 aromatic heterocycles. The maximum Gasteiger partial charge on any atom is 0.145 e. The highest BCUT2D eigenvalue weighted by atomic mass is 35.5. The largest absolute Gasteiger partial charge is 0.231 e. The maximum absolute atomic E-state index is 13.3. The van der Waals surface area contributed by atoms with Crippen LogP contribution in [0.15, 0.2) is 18.2 Å². The third-order valence-corrected chi connectivity index (χ3v) is 2.31. The first kappa shape index (κ1) is 9.62. The van der Waals surface area contributed by atoms with Crippen LogP contribution in [0.4, 0.5) is 4.39 Å². The standard InChI is InChI=1S/C9H5Cl2FN2/c10-4-7-13-6-3-1-2-5(12)8(6)9(11)14-7/h1-3H,4H2. The van der Waals surface area contributed by atoms with Gasteiger partial charge >= 0.3 is 0 Å². The molecule has 2 aromatic rings. The number of halogens is 3. The van der Waals surface area contributed by atoms with Crippen LogP contribution in [0.25, 0.3) is 10.9 Å². The number of rotatable bonds is 1. The van der Waals surface area contributed by atoms with Gasteiger partial charge in [0, 0.05) is 0 Å². The zero-order valence-corrected chi connectivity index (χ0v) is 8.48. The van der Waals surface area contributed by atoms with Gasteiger partial charge in [-0.1, -0.05) is 17.7 Å². The summed E-state index contributed by atoms with van der Waals surface area (Å²) in [7, 11) is 0. The van der Waals surface area contributed by atoms with Gasteiger partial charge in [-0.25, -0.2) is 14.4 Å². The van der Waals surface area contributed by atoms with Gasteiger partial charge in [-0.05, 0) is 12.1 Å². The average molecular weight is 231 g/mol. The van der Waals surface area contributed by atoms with Crippen LogP contribution in [0, 0.1) is 5.82 Å². The second kappa shape index (κ2) is 3.67. The fourth-order valence-corrected chi connectivity index (χ4v) is 1.61. The molecule has 0 aliphatic rings. The van der Waals surface area contributed by atoms with Crippen molar-refractivity contribution in [2.24, 2.45) is 0 Å². The summed E-state index contributed by atoms with van der Waals surface area (Å²) in [4.78, 5) is 7.91. The SMILES string of the molecule is Fc1cccc2nc(CCl)nc(Cl)c12. The average Bonchev–Trinajstić information content (AvgIpc) is 2.17. The van der Waals surface area contributed by atoms with Crippen LogP contribution < -0.4 is 0 Å². The zero-order valence-electron chi connectivity index (χ0n) is 6.97. The minimum Gasteiger partial charge on any atom is -0.231 e. The quantitative estimate of drug-likeness (QED) is 0.556. The minimum atomic E-state index is -0.423. The third-order valence-electron chi connectivity index (χ3n) is 1.79. The van der Waals surface area contributed by atoms with Crippen molar-refractivity contribution in [2.75, 3.05) is 0 Å². The molecule has 0 amide bonds. The number of aromatic nitrogens is 2. The Kier molecular flexibility index (Phi) is 2.52. The van der Waals surface area contributed by atoms with Gasteiger partial charge in [-0.2, -0.15) is 0 Å². The third kappa shape index (κ3) is 1.53. The Morgan fingerprint density at radius 3 is 2.79 bits per heavy atom. The van der Waals surface area contributed by atoms with E-state index < -0.39 is 5.82 Å². The molecule has 2 nitrogen and oxygen atoms in total. The van der Waals surface area contributed by atoms with Gasteiger partial charge in [0.15, 0.2) is 0 Å². The van der Waals surface area contributed by atoms with Gasteiger partial charge in [0.05, 0.1) is 16.8 Å². The van der Waals surface area contributed by atoms with Crippen molar-refractivity contribution in [2.45, 2.75) is 5.88 Å². The number of nitrogens with zero attached hydrogens (tertiary/aromatic N) is 2. The van der Waals surface area contributed by atoms with Gasteiger partial charge in [-0.3, -0.25) is 0 Å². The van der Waals surface area contributed by atoms with Gasteiger partial charge < -0.3 is 0 Å². The van der Waals surface area contributed by atoms with Crippen molar-refractivity contribution < 1.29 is 4.39 Å². The van der Waals surface area contributed by atoms with Crippen LogP contribution in [0.2, 0.25) is 5.15 Å². The molecular formula is C9H5Cl2FN2. The first-order chi connectivity index (χ1) is 6.72. The fraction of sp³-hybridized carbons (Fsp3) is 0.111. The second-order valence-corrected chi connectivity index (χ2v) is 3.32. The smallest absolute Gasteiger partial charge is 0.145 e. The van der Waals surface area contributed by atoms with E-state index >= 15 is 0 Å². The molecule has 0 radical (unpaired) electrons. The van der Waals surface area contributed by atoms with Crippen molar-refractivity contribution in [3.05, 3.63) is 35.0 Å². The molecule has 72 valence electrons. The molecule has 0 aliphatic heterocycles. The van der Waals surface area contributed by atoms with Crippen LogP contribution in [0.5, 0.6) is 0 Å². The van der Waals surface area contributed by atoms with Gasteiger partial charge in [0.1, 0.15) is 16.8 Å². The summed E-state index contributed by atoms with van der Waals surface area (Å²) in [5, 5.41) is 0.340. The Labute approximate surface area is 89.7 Å². The van der Waals surface area contributed by atoms with Crippen LogP contribution in [-0.4, -0.2) is 9.97 Å². The molecule has 5 heteroatoms. The van der Waals surface area contributed by atoms with Crippen molar-refractivity contribution in [1.82, 2.24) is 9.97 Å². The number of alkyl halides is 1. The Balaban J connectivity index is 2.83. The van der Waals surface area contributed by atoms with Gasteiger partial charge in [-0.15, -0.1) is 11.6 Å². The van der Waals surface area contributed by atoms with Gasteiger partial charge in [0.2, 0.25) is 0 Å². The first-order valence-electron chi connectivity index (χ1n) is 3.89. The lowest BCUT2D eigenvalue weighted by molar-refractivity contribution is 0.639. The minimum absolute atomic E-state index is 0.101. The molecule has 1 aromatic carbocycles. The predicted molar refractivity (Wildman–Crippen MR) is 54.1 cm³/mol. The zero-order chi connectivity index (χ0) is 10.1. The topological polar surface area (TPSA) is 25.8 Å². The second-order valence-electron chi connectivity index (χ2n) is 2.70. The van der Waals surface area contributed by atoms with E-state index in [9.17, 15) is 4.39 Å². The molecule has 0 bridgehead atoms. The Bertz CT molecular complexity index is 487. The van der Waals surface area contributed by atoms with Crippen molar-refractivity contribution in [3.63, 3.8) is 0 Å². The summed E-state index contributed by atoms with van der Waals surface area (Å²) in [6, 6.07) is 4.55. The van der Waals surface area contributed by atoms with E-state index in [4.69, 9.17) is 23.2 Å². The van der Waals surface area contributed by atoms with Crippen LogP contribution in [-0.2, 0) is 5.88 Å². The summed E-state index contributed by atoms with van der Waals surface area (Å²) in [6.07, 6.45) is 0. The molecule has 0 spiro atoms. The van der Waals surface area contributed by atoms with E-state index in [2.05, 4.69) is 9.97 Å². The predicted octanol–water partition coefficient (Wildman–Crippen LogP) is 3.16. The molecule has 2 rings (SSSR count). The molecule has 14 heavy (non-hydrogen) atoms. The van der Waals surface area contributed by atoms with E-state index in [0.717, 1.165) is 0 Å². The highest BCUT2D eigenvalue weighted by Crippen LogP contribution is 2.23. The molecule has 0 fully saturated rings. The molecule has 0 N–H and O–H groups in total. The van der Waals surface area contributed by atoms with E-state index in [0.29, 0.717) is 11.3 Å². The summed E-state index contributed by atoms with van der Waals surface area (Å²) in [5.41, 5.74) is 0.473. The van der Waals surface area contributed by atoms with E-state index in [-0.39, 0.29) is 16.4 Å². The lowest BCUT2D eigenvalue weighted by Gasteiger charge is -2.02. The van der Waals surface area contributed by atoms with Gasteiger partial charge in [0.25, 0.3) is 0 Å². The summed E-state index contributed by atoms with van der Waals surface area (Å²) in [6.45, 7) is 0. The Morgan fingerprint density at radius 1 is 1.29 bits per heavy atom. The molecule has 0 atom stereocenters. The number of fused-ring (bicyclic) bond motifs is 1. The number of benzene rings is 1. The monoisotopic (exact) mass is 230 g/mol. The highest BCUT2D eigenvalue weighted by Gasteiger charge is 2.08. The van der Waals surface area contributed by atoms with Crippen molar-refractivity contribution in [1.29, 1.82) is 0 Å². The van der Waals surface area contributed by atoms with Crippen LogP contribution in [0.3, 0.4) is 0 Å². The van der Waals surface area contributed by atoms with Crippen molar-refractivity contribution in [3.8, 4) is 0 Å². The molecule has 0 saturated carbocycles. The normalized spacial score (nSPS) is 10.8. The van der Waals surface area contributed by atoms with Crippen LogP contribution in [0.1, 0.15) is 5.82 Å². The molecule has 0 aliphatic carbocycles. The van der Waals surface area contributed by atoms with E-state index in [1.165, 1.54) is 6.07 Å². The lowest BCUT2D eigenvalue weighted by Crippen LogP contribution is -1.94.